The van der Waals surface area contributed by atoms with Gasteiger partial charge in [0.25, 0.3) is 0 Å². The van der Waals surface area contributed by atoms with E-state index in [1.807, 2.05) is 85.8 Å². The Morgan fingerprint density at radius 3 is 2.29 bits per heavy atom. The van der Waals surface area contributed by atoms with Crippen LogP contribution in [0.1, 0.15) is 61.6 Å². The summed E-state index contributed by atoms with van der Waals surface area (Å²) in [4.78, 5) is 29.4. The fourth-order valence-electron chi connectivity index (χ4n) is 5.18. The number of ether oxygens (including phenoxy) is 1. The summed E-state index contributed by atoms with van der Waals surface area (Å²) in [6.45, 7) is 2.90. The van der Waals surface area contributed by atoms with Gasteiger partial charge in [-0.25, -0.2) is 0 Å². The van der Waals surface area contributed by atoms with Gasteiger partial charge in [-0.05, 0) is 49.4 Å². The molecular weight excluding hydrogens is 472 g/mol. The summed E-state index contributed by atoms with van der Waals surface area (Å²) < 4.78 is 5.82. The minimum absolute atomic E-state index is 0.0251. The highest BCUT2D eigenvalue weighted by atomic mass is 16.5. The number of nitrogens with zero attached hydrogens (tertiary/aromatic N) is 1. The molecule has 0 saturated heterocycles. The van der Waals surface area contributed by atoms with E-state index < -0.39 is 6.04 Å². The third-order valence-corrected chi connectivity index (χ3v) is 7.20. The number of rotatable bonds is 12. The van der Waals surface area contributed by atoms with E-state index in [1.165, 1.54) is 6.42 Å². The van der Waals surface area contributed by atoms with Gasteiger partial charge in [0.1, 0.15) is 11.8 Å². The largest absolute Gasteiger partial charge is 0.494 e. The van der Waals surface area contributed by atoms with Crippen LogP contribution < -0.4 is 10.1 Å². The van der Waals surface area contributed by atoms with Crippen LogP contribution >= 0.6 is 0 Å². The summed E-state index contributed by atoms with van der Waals surface area (Å²) >= 11 is 0. The van der Waals surface area contributed by atoms with Gasteiger partial charge in [-0.2, -0.15) is 0 Å². The van der Waals surface area contributed by atoms with Gasteiger partial charge < -0.3 is 15.0 Å². The Labute approximate surface area is 227 Å². The lowest BCUT2D eigenvalue weighted by atomic mass is 9.94. The predicted octanol–water partition coefficient (Wildman–Crippen LogP) is 6.24. The number of para-hydroxylation sites is 1. The fraction of sp³-hybridized carbons (Fsp3) is 0.394. The van der Waals surface area contributed by atoms with E-state index in [4.69, 9.17) is 4.74 Å². The highest BCUT2D eigenvalue weighted by Gasteiger charge is 2.31. The molecule has 4 rings (SSSR count). The predicted molar refractivity (Wildman–Crippen MR) is 152 cm³/mol. The number of carbonyl (C=O) groups excluding carboxylic acids is 2. The molecule has 0 bridgehead atoms. The molecule has 5 nitrogen and oxygen atoms in total. The van der Waals surface area contributed by atoms with Crippen LogP contribution in [0.3, 0.4) is 0 Å². The van der Waals surface area contributed by atoms with Crippen molar-refractivity contribution < 1.29 is 14.3 Å². The molecule has 0 aliphatic heterocycles. The lowest BCUT2D eigenvalue weighted by Gasteiger charge is -2.33. The molecule has 1 aliphatic rings. The average Bonchev–Trinajstić information content (AvgIpc) is 2.94. The first-order chi connectivity index (χ1) is 18.6. The first-order valence-corrected chi connectivity index (χ1v) is 14.0. The van der Waals surface area contributed by atoms with Crippen LogP contribution in [0.25, 0.3) is 0 Å². The molecule has 2 amide bonds. The molecule has 1 atom stereocenters. The molecule has 1 unspecified atom stereocenters. The van der Waals surface area contributed by atoms with Crippen LogP contribution in [-0.4, -0.2) is 35.4 Å². The summed E-state index contributed by atoms with van der Waals surface area (Å²) in [5.74, 6) is 0.718. The van der Waals surface area contributed by atoms with Crippen molar-refractivity contribution in [3.05, 3.63) is 102 Å². The van der Waals surface area contributed by atoms with Gasteiger partial charge in [-0.3, -0.25) is 9.59 Å². The number of benzene rings is 3. The van der Waals surface area contributed by atoms with Gasteiger partial charge in [-0.1, -0.05) is 97.6 Å². The Kier molecular flexibility index (Phi) is 10.4. The maximum absolute atomic E-state index is 13.8. The molecule has 200 valence electrons. The topological polar surface area (TPSA) is 58.6 Å². The minimum atomic E-state index is -0.581. The monoisotopic (exact) mass is 512 g/mol. The SMILES string of the molecule is Cc1cccc(CN(C(=O)CCCOc2ccccc2)C(Cc2ccccc2)C(=O)NC2CCCCC2)c1. The van der Waals surface area contributed by atoms with Gasteiger partial charge in [0.15, 0.2) is 0 Å². The number of nitrogens with one attached hydrogen (secondary N) is 1. The number of hydrogen-bond acceptors (Lipinski definition) is 3. The molecule has 1 saturated carbocycles. The zero-order valence-corrected chi connectivity index (χ0v) is 22.5. The van der Waals surface area contributed by atoms with E-state index in [1.54, 1.807) is 4.90 Å². The summed E-state index contributed by atoms with van der Waals surface area (Å²) in [6.07, 6.45) is 6.91. The molecule has 38 heavy (non-hydrogen) atoms. The van der Waals surface area contributed by atoms with E-state index in [9.17, 15) is 9.59 Å². The zero-order chi connectivity index (χ0) is 26.6. The van der Waals surface area contributed by atoms with E-state index in [-0.39, 0.29) is 17.9 Å². The number of aryl methyl sites for hydroxylation is 1. The van der Waals surface area contributed by atoms with Crippen molar-refractivity contribution in [2.75, 3.05) is 6.61 Å². The molecule has 0 aromatic heterocycles. The Balaban J connectivity index is 1.52. The number of hydrogen-bond donors (Lipinski definition) is 1. The molecule has 5 heteroatoms. The number of carbonyl (C=O) groups is 2. The minimum Gasteiger partial charge on any atom is -0.494 e. The van der Waals surface area contributed by atoms with Gasteiger partial charge >= 0.3 is 0 Å². The normalized spacial score (nSPS) is 14.4. The van der Waals surface area contributed by atoms with Crippen LogP contribution in [0.2, 0.25) is 0 Å². The Bertz CT molecular complexity index is 1140. The van der Waals surface area contributed by atoms with Crippen LogP contribution in [0.15, 0.2) is 84.9 Å². The second-order valence-corrected chi connectivity index (χ2v) is 10.3. The lowest BCUT2D eigenvalue weighted by molar-refractivity contribution is -0.141. The van der Waals surface area contributed by atoms with E-state index in [0.717, 1.165) is 48.1 Å². The highest BCUT2D eigenvalue weighted by Crippen LogP contribution is 2.21. The van der Waals surface area contributed by atoms with Crippen molar-refractivity contribution in [3.63, 3.8) is 0 Å². The van der Waals surface area contributed by atoms with E-state index in [0.29, 0.717) is 32.4 Å². The fourth-order valence-corrected chi connectivity index (χ4v) is 5.18. The molecule has 3 aromatic rings. The van der Waals surface area contributed by atoms with Crippen molar-refractivity contribution in [2.24, 2.45) is 0 Å². The van der Waals surface area contributed by atoms with E-state index >= 15 is 0 Å². The van der Waals surface area contributed by atoms with Crippen molar-refractivity contribution in [3.8, 4) is 5.75 Å². The van der Waals surface area contributed by atoms with Gasteiger partial charge in [0.05, 0.1) is 6.61 Å². The van der Waals surface area contributed by atoms with Gasteiger partial charge in [0.2, 0.25) is 11.8 Å². The van der Waals surface area contributed by atoms with Crippen LogP contribution in [0.5, 0.6) is 5.75 Å². The summed E-state index contributed by atoms with van der Waals surface area (Å²) in [7, 11) is 0. The highest BCUT2D eigenvalue weighted by molar-refractivity contribution is 5.88. The van der Waals surface area contributed by atoms with Crippen LogP contribution in [0.4, 0.5) is 0 Å². The molecule has 1 fully saturated rings. The van der Waals surface area contributed by atoms with Crippen LogP contribution in [0, 0.1) is 6.92 Å². The van der Waals surface area contributed by atoms with Crippen LogP contribution in [-0.2, 0) is 22.6 Å². The Hall–Kier alpha value is -3.60. The third kappa shape index (κ3) is 8.47. The first kappa shape index (κ1) is 27.4. The van der Waals surface area contributed by atoms with E-state index in [2.05, 4.69) is 11.4 Å². The smallest absolute Gasteiger partial charge is 0.243 e. The molecular formula is C33H40N2O3. The van der Waals surface area contributed by atoms with Crippen molar-refractivity contribution in [1.82, 2.24) is 10.2 Å². The molecule has 1 N–H and O–H groups in total. The third-order valence-electron chi connectivity index (χ3n) is 7.20. The molecule has 0 spiro atoms. The standard InChI is InChI=1S/C33H40N2O3/c1-26-13-11-16-28(23-26)25-35(32(36)21-12-22-38-30-19-9-4-10-20-30)31(24-27-14-5-2-6-15-27)33(37)34-29-17-7-3-8-18-29/h2,4-6,9-11,13-16,19-20,23,29,31H,3,7-8,12,17-18,21-22,24-25H2,1H3,(H,34,37). The lowest BCUT2D eigenvalue weighted by Crippen LogP contribution is -2.52. The summed E-state index contributed by atoms with van der Waals surface area (Å²) in [5.41, 5.74) is 3.21. The summed E-state index contributed by atoms with van der Waals surface area (Å²) in [6, 6.07) is 27.4. The Morgan fingerprint density at radius 1 is 0.895 bits per heavy atom. The quantitative estimate of drug-likeness (QED) is 0.292. The van der Waals surface area contributed by atoms with Crippen molar-refractivity contribution in [2.45, 2.75) is 76.9 Å². The second kappa shape index (κ2) is 14.4. The van der Waals surface area contributed by atoms with Gasteiger partial charge in [0, 0.05) is 25.4 Å². The maximum atomic E-state index is 13.8. The molecule has 1 aliphatic carbocycles. The first-order valence-electron chi connectivity index (χ1n) is 14.0. The summed E-state index contributed by atoms with van der Waals surface area (Å²) in [5, 5.41) is 3.30. The maximum Gasteiger partial charge on any atom is 0.243 e. The Morgan fingerprint density at radius 2 is 1.58 bits per heavy atom. The average molecular weight is 513 g/mol. The second-order valence-electron chi connectivity index (χ2n) is 10.3. The van der Waals surface area contributed by atoms with Crippen molar-refractivity contribution >= 4 is 11.8 Å². The zero-order valence-electron chi connectivity index (χ0n) is 22.5. The molecule has 0 radical (unpaired) electrons. The number of amides is 2. The molecule has 0 heterocycles. The molecule has 3 aromatic carbocycles. The van der Waals surface area contributed by atoms with Gasteiger partial charge in [-0.15, -0.1) is 0 Å². The van der Waals surface area contributed by atoms with Crippen molar-refractivity contribution in [1.29, 1.82) is 0 Å².